The lowest BCUT2D eigenvalue weighted by molar-refractivity contribution is -0.116. The van der Waals surface area contributed by atoms with Crippen LogP contribution in [0.4, 0.5) is 0 Å². The molecule has 0 aromatic heterocycles. The summed E-state index contributed by atoms with van der Waals surface area (Å²) in [6.07, 6.45) is -0.0646. The van der Waals surface area contributed by atoms with Gasteiger partial charge in [0, 0.05) is 5.56 Å². The minimum absolute atomic E-state index is 0.0646. The van der Waals surface area contributed by atoms with Crippen molar-refractivity contribution < 1.29 is 14.3 Å². The number of benzene rings is 3. The van der Waals surface area contributed by atoms with Crippen molar-refractivity contribution in [2.45, 2.75) is 13.3 Å². The summed E-state index contributed by atoms with van der Waals surface area (Å²) in [7, 11) is 0. The van der Waals surface area contributed by atoms with Gasteiger partial charge in [-0.15, -0.1) is 0 Å². The maximum absolute atomic E-state index is 11.8. The lowest BCUT2D eigenvalue weighted by Gasteiger charge is -2.07. The first kappa shape index (κ1) is 15.0. The Kier molecular flexibility index (Phi) is 4.20. The van der Waals surface area contributed by atoms with E-state index in [2.05, 4.69) is 6.07 Å². The molecule has 0 atom stereocenters. The second-order valence-electron chi connectivity index (χ2n) is 5.44. The van der Waals surface area contributed by atoms with Gasteiger partial charge in [0.25, 0.3) is 0 Å². The zero-order valence-electron chi connectivity index (χ0n) is 12.8. The number of carbonyl (C=O) groups excluding carboxylic acids is 2. The summed E-state index contributed by atoms with van der Waals surface area (Å²) >= 11 is 0. The number of rotatable bonds is 5. The van der Waals surface area contributed by atoms with Crippen LogP contribution in [0.2, 0.25) is 0 Å². The Bertz CT molecular complexity index is 863. The molecule has 3 rings (SSSR count). The first-order chi connectivity index (χ1) is 11.1. The Balaban J connectivity index is 1.76. The molecule has 114 valence electrons. The fraction of sp³-hybridized carbons (Fsp3) is 0.100. The number of ether oxygens (including phenoxy) is 1. The number of carbonyl (C=O) groups is 2. The standard InChI is InChI=1S/C20H16O3/c1-14(21)12-20(22)16-7-9-18(10-8-16)23-19-11-6-15-4-2-3-5-17(15)13-19/h2-11,13H,12H2,1H3. The van der Waals surface area contributed by atoms with E-state index >= 15 is 0 Å². The van der Waals surface area contributed by atoms with Crippen LogP contribution in [0.15, 0.2) is 66.7 Å². The normalized spacial score (nSPS) is 10.5. The number of hydrogen-bond donors (Lipinski definition) is 0. The minimum Gasteiger partial charge on any atom is -0.457 e. The molecule has 0 saturated heterocycles. The first-order valence-corrected chi connectivity index (χ1v) is 7.41. The largest absolute Gasteiger partial charge is 0.457 e. The van der Waals surface area contributed by atoms with Crippen LogP contribution >= 0.6 is 0 Å². The maximum atomic E-state index is 11.8. The van der Waals surface area contributed by atoms with Gasteiger partial charge in [0.05, 0.1) is 6.42 Å². The molecule has 3 aromatic carbocycles. The molecule has 3 nitrogen and oxygen atoms in total. The Morgan fingerprint density at radius 3 is 2.17 bits per heavy atom. The van der Waals surface area contributed by atoms with Gasteiger partial charge in [-0.2, -0.15) is 0 Å². The van der Waals surface area contributed by atoms with E-state index in [0.717, 1.165) is 16.5 Å². The Labute approximate surface area is 134 Å². The summed E-state index contributed by atoms with van der Waals surface area (Å²) in [5, 5.41) is 2.27. The highest BCUT2D eigenvalue weighted by atomic mass is 16.5. The zero-order valence-corrected chi connectivity index (χ0v) is 12.8. The summed E-state index contributed by atoms with van der Waals surface area (Å²) in [5.74, 6) is 1.09. The molecule has 23 heavy (non-hydrogen) atoms. The van der Waals surface area contributed by atoms with Crippen molar-refractivity contribution in [3.8, 4) is 11.5 Å². The Hall–Kier alpha value is -2.94. The van der Waals surface area contributed by atoms with Crippen LogP contribution in [-0.2, 0) is 4.79 Å². The molecule has 0 unspecified atom stereocenters. The van der Waals surface area contributed by atoms with Crippen molar-refractivity contribution in [1.29, 1.82) is 0 Å². The third kappa shape index (κ3) is 3.64. The third-order valence-electron chi connectivity index (χ3n) is 3.54. The van der Waals surface area contributed by atoms with E-state index in [-0.39, 0.29) is 18.0 Å². The summed E-state index contributed by atoms with van der Waals surface area (Å²) < 4.78 is 5.82. The highest BCUT2D eigenvalue weighted by Crippen LogP contribution is 2.26. The smallest absolute Gasteiger partial charge is 0.170 e. The van der Waals surface area contributed by atoms with Gasteiger partial charge in [0.2, 0.25) is 0 Å². The van der Waals surface area contributed by atoms with Crippen LogP contribution in [0.25, 0.3) is 10.8 Å². The Morgan fingerprint density at radius 2 is 1.48 bits per heavy atom. The van der Waals surface area contributed by atoms with Gasteiger partial charge in [0.1, 0.15) is 17.3 Å². The van der Waals surface area contributed by atoms with Crippen LogP contribution in [0.5, 0.6) is 11.5 Å². The van der Waals surface area contributed by atoms with Crippen molar-refractivity contribution in [2.24, 2.45) is 0 Å². The maximum Gasteiger partial charge on any atom is 0.170 e. The number of fused-ring (bicyclic) bond motifs is 1. The van der Waals surface area contributed by atoms with E-state index in [4.69, 9.17) is 4.74 Å². The van der Waals surface area contributed by atoms with Gasteiger partial charge in [-0.25, -0.2) is 0 Å². The molecule has 0 saturated carbocycles. The summed E-state index contributed by atoms with van der Waals surface area (Å²) in [4.78, 5) is 22.8. The fourth-order valence-electron chi connectivity index (χ4n) is 2.40. The summed E-state index contributed by atoms with van der Waals surface area (Å²) in [6, 6.07) is 20.8. The van der Waals surface area contributed by atoms with Crippen molar-refractivity contribution in [3.63, 3.8) is 0 Å². The molecule has 0 spiro atoms. The molecule has 0 N–H and O–H groups in total. The molecule has 0 bridgehead atoms. The predicted molar refractivity (Wildman–Crippen MR) is 90.1 cm³/mol. The van der Waals surface area contributed by atoms with E-state index in [1.165, 1.54) is 6.92 Å². The highest BCUT2D eigenvalue weighted by Gasteiger charge is 2.08. The minimum atomic E-state index is -0.172. The third-order valence-corrected chi connectivity index (χ3v) is 3.54. The predicted octanol–water partition coefficient (Wildman–Crippen LogP) is 4.79. The van der Waals surface area contributed by atoms with Crippen molar-refractivity contribution in [3.05, 3.63) is 72.3 Å². The van der Waals surface area contributed by atoms with E-state index in [1.54, 1.807) is 24.3 Å². The molecular weight excluding hydrogens is 288 g/mol. The van der Waals surface area contributed by atoms with Crippen molar-refractivity contribution in [2.75, 3.05) is 0 Å². The zero-order chi connectivity index (χ0) is 16.2. The lowest BCUT2D eigenvalue weighted by atomic mass is 10.1. The van der Waals surface area contributed by atoms with Gasteiger partial charge in [-0.3, -0.25) is 9.59 Å². The SMILES string of the molecule is CC(=O)CC(=O)c1ccc(Oc2ccc3ccccc3c2)cc1. The van der Waals surface area contributed by atoms with Gasteiger partial charge in [-0.1, -0.05) is 30.3 Å². The molecule has 3 heteroatoms. The van der Waals surface area contributed by atoms with Crippen molar-refractivity contribution >= 4 is 22.3 Å². The van der Waals surface area contributed by atoms with Crippen LogP contribution in [0, 0.1) is 0 Å². The number of hydrogen-bond acceptors (Lipinski definition) is 3. The molecule has 0 heterocycles. The lowest BCUT2D eigenvalue weighted by Crippen LogP contribution is -2.04. The Morgan fingerprint density at radius 1 is 0.826 bits per heavy atom. The molecule has 0 aliphatic heterocycles. The van der Waals surface area contributed by atoms with Gasteiger partial charge < -0.3 is 4.74 Å². The van der Waals surface area contributed by atoms with Crippen LogP contribution in [0.3, 0.4) is 0 Å². The van der Waals surface area contributed by atoms with Crippen molar-refractivity contribution in [1.82, 2.24) is 0 Å². The monoisotopic (exact) mass is 304 g/mol. The second-order valence-corrected chi connectivity index (χ2v) is 5.44. The van der Waals surface area contributed by atoms with Crippen LogP contribution in [-0.4, -0.2) is 11.6 Å². The average Bonchev–Trinajstić information content (AvgIpc) is 2.55. The number of Topliss-reactive ketones (excluding diaryl/α,β-unsaturated/α-hetero) is 2. The molecule has 0 aliphatic carbocycles. The average molecular weight is 304 g/mol. The van der Waals surface area contributed by atoms with E-state index in [9.17, 15) is 9.59 Å². The fourth-order valence-corrected chi connectivity index (χ4v) is 2.40. The van der Waals surface area contributed by atoms with Gasteiger partial charge in [-0.05, 0) is 54.1 Å². The molecule has 0 aliphatic rings. The van der Waals surface area contributed by atoms with E-state index in [0.29, 0.717) is 11.3 Å². The quantitative estimate of drug-likeness (QED) is 0.502. The number of ketones is 2. The topological polar surface area (TPSA) is 43.4 Å². The summed E-state index contributed by atoms with van der Waals surface area (Å²) in [6.45, 7) is 1.41. The molecule has 0 fully saturated rings. The molecule has 0 radical (unpaired) electrons. The first-order valence-electron chi connectivity index (χ1n) is 7.41. The van der Waals surface area contributed by atoms with Gasteiger partial charge in [0.15, 0.2) is 5.78 Å². The van der Waals surface area contributed by atoms with Crippen LogP contribution < -0.4 is 4.74 Å². The van der Waals surface area contributed by atoms with E-state index < -0.39 is 0 Å². The highest BCUT2D eigenvalue weighted by molar-refractivity contribution is 6.07. The second kappa shape index (κ2) is 6.44. The van der Waals surface area contributed by atoms with E-state index in [1.807, 2.05) is 36.4 Å². The van der Waals surface area contributed by atoms with Crippen LogP contribution in [0.1, 0.15) is 23.7 Å². The van der Waals surface area contributed by atoms with Gasteiger partial charge >= 0.3 is 0 Å². The molecule has 3 aromatic rings. The molecular formula is C20H16O3. The molecule has 0 amide bonds. The summed E-state index contributed by atoms with van der Waals surface area (Å²) in [5.41, 5.74) is 0.520.